The first-order chi connectivity index (χ1) is 12.6. The predicted molar refractivity (Wildman–Crippen MR) is 103 cm³/mol. The van der Waals surface area contributed by atoms with Gasteiger partial charge < -0.3 is 4.42 Å². The van der Waals surface area contributed by atoms with E-state index in [-0.39, 0.29) is 16.9 Å². The number of para-hydroxylation sites is 1. The lowest BCUT2D eigenvalue weighted by Gasteiger charge is -2.10. The van der Waals surface area contributed by atoms with Crippen molar-refractivity contribution in [2.24, 2.45) is 0 Å². The summed E-state index contributed by atoms with van der Waals surface area (Å²) in [5.74, 6) is 0.106. The number of aromatic nitrogens is 1. The molecule has 128 valence electrons. The lowest BCUT2D eigenvalue weighted by Crippen LogP contribution is -2.14. The number of nitrogens with zero attached hydrogens (tertiary/aromatic N) is 1. The van der Waals surface area contributed by atoms with E-state index >= 15 is 0 Å². The number of hydrogen-bond acceptors (Lipinski definition) is 5. The van der Waals surface area contributed by atoms with Crippen LogP contribution in [0.15, 0.2) is 69.3 Å². The number of hydrogen-bond donors (Lipinski definition) is 1. The van der Waals surface area contributed by atoms with E-state index in [1.165, 1.54) is 11.3 Å². The Kier molecular flexibility index (Phi) is 4.10. The molecule has 0 saturated heterocycles. The second-order valence-electron chi connectivity index (χ2n) is 5.72. The molecule has 4 rings (SSSR count). The summed E-state index contributed by atoms with van der Waals surface area (Å²) in [6.07, 6.45) is 1.61. The van der Waals surface area contributed by atoms with Crippen LogP contribution in [0.1, 0.15) is 15.9 Å². The molecular weight excluding hydrogens is 348 g/mol. The van der Waals surface area contributed by atoms with Gasteiger partial charge in [-0.2, -0.15) is 0 Å². The zero-order valence-corrected chi connectivity index (χ0v) is 14.7. The van der Waals surface area contributed by atoms with Gasteiger partial charge in [-0.05, 0) is 19.1 Å². The van der Waals surface area contributed by atoms with Gasteiger partial charge in [0.25, 0.3) is 5.91 Å². The van der Waals surface area contributed by atoms with Crippen molar-refractivity contribution in [3.8, 4) is 11.3 Å². The second-order valence-corrected chi connectivity index (χ2v) is 6.62. The van der Waals surface area contributed by atoms with Crippen LogP contribution in [0.2, 0.25) is 0 Å². The van der Waals surface area contributed by atoms with Crippen LogP contribution < -0.4 is 10.7 Å². The zero-order valence-electron chi connectivity index (χ0n) is 13.9. The molecule has 0 unspecified atom stereocenters. The molecule has 0 radical (unpaired) electrons. The molecule has 0 aliphatic carbocycles. The van der Waals surface area contributed by atoms with E-state index in [9.17, 15) is 9.59 Å². The molecule has 0 atom stereocenters. The summed E-state index contributed by atoms with van der Waals surface area (Å²) < 4.78 is 6.05. The first-order valence-electron chi connectivity index (χ1n) is 7.98. The number of carbonyl (C=O) groups is 1. The highest BCUT2D eigenvalue weighted by Crippen LogP contribution is 2.27. The lowest BCUT2D eigenvalue weighted by atomic mass is 10.0. The average molecular weight is 362 g/mol. The smallest absolute Gasteiger partial charge is 0.261 e. The molecule has 6 heteroatoms. The SMILES string of the molecule is Cc1c(-c2ccccc2)oc2c(C(=O)Nc3nccs3)cccc2c1=O. The Hall–Kier alpha value is -3.25. The highest BCUT2D eigenvalue weighted by Gasteiger charge is 2.18. The average Bonchev–Trinajstić information content (AvgIpc) is 3.18. The summed E-state index contributed by atoms with van der Waals surface area (Å²) >= 11 is 1.32. The van der Waals surface area contributed by atoms with Gasteiger partial charge in [-0.25, -0.2) is 4.98 Å². The van der Waals surface area contributed by atoms with Crippen LogP contribution in [0.3, 0.4) is 0 Å². The van der Waals surface area contributed by atoms with Crippen LogP contribution in [-0.4, -0.2) is 10.9 Å². The monoisotopic (exact) mass is 362 g/mol. The van der Waals surface area contributed by atoms with E-state index in [0.717, 1.165) is 5.56 Å². The summed E-state index contributed by atoms with van der Waals surface area (Å²) in [5, 5.41) is 5.38. The molecule has 0 bridgehead atoms. The number of carbonyl (C=O) groups excluding carboxylic acids is 1. The van der Waals surface area contributed by atoms with Crippen molar-refractivity contribution in [1.82, 2.24) is 4.98 Å². The molecule has 2 heterocycles. The number of nitrogens with one attached hydrogen (secondary N) is 1. The maximum atomic E-state index is 12.8. The van der Waals surface area contributed by atoms with Gasteiger partial charge in [-0.15, -0.1) is 11.3 Å². The molecule has 0 spiro atoms. The number of anilines is 1. The molecule has 2 aromatic carbocycles. The molecule has 0 fully saturated rings. The molecular formula is C20H14N2O3S. The topological polar surface area (TPSA) is 72.2 Å². The van der Waals surface area contributed by atoms with Gasteiger partial charge in [0.15, 0.2) is 16.1 Å². The van der Waals surface area contributed by atoms with Crippen molar-refractivity contribution in [2.45, 2.75) is 6.92 Å². The summed E-state index contributed by atoms with van der Waals surface area (Å²) in [7, 11) is 0. The minimum absolute atomic E-state index is 0.144. The van der Waals surface area contributed by atoms with Crippen molar-refractivity contribution >= 4 is 33.3 Å². The van der Waals surface area contributed by atoms with E-state index in [0.29, 0.717) is 27.4 Å². The van der Waals surface area contributed by atoms with Crippen molar-refractivity contribution in [3.63, 3.8) is 0 Å². The van der Waals surface area contributed by atoms with Crippen LogP contribution in [0.4, 0.5) is 5.13 Å². The van der Waals surface area contributed by atoms with E-state index in [1.54, 1.807) is 36.7 Å². The van der Waals surface area contributed by atoms with Gasteiger partial charge in [0.2, 0.25) is 0 Å². The van der Waals surface area contributed by atoms with E-state index < -0.39 is 0 Å². The van der Waals surface area contributed by atoms with Crippen LogP contribution in [0, 0.1) is 6.92 Å². The fraction of sp³-hybridized carbons (Fsp3) is 0.0500. The minimum atomic E-state index is -0.364. The number of thiazole rings is 1. The largest absolute Gasteiger partial charge is 0.455 e. The maximum absolute atomic E-state index is 12.8. The van der Waals surface area contributed by atoms with E-state index in [4.69, 9.17) is 4.42 Å². The van der Waals surface area contributed by atoms with Gasteiger partial charge in [-0.3, -0.25) is 14.9 Å². The summed E-state index contributed by atoms with van der Waals surface area (Å²) in [6.45, 7) is 1.73. The van der Waals surface area contributed by atoms with Crippen molar-refractivity contribution in [3.05, 3.63) is 81.5 Å². The quantitative estimate of drug-likeness (QED) is 0.583. The van der Waals surface area contributed by atoms with Crippen molar-refractivity contribution < 1.29 is 9.21 Å². The predicted octanol–water partition coefficient (Wildman–Crippen LogP) is 4.48. The van der Waals surface area contributed by atoms with Gasteiger partial charge in [0.1, 0.15) is 5.76 Å². The molecule has 1 N–H and O–H groups in total. The highest BCUT2D eigenvalue weighted by atomic mass is 32.1. The summed E-state index contributed by atoms with van der Waals surface area (Å²) in [6, 6.07) is 14.4. The number of amides is 1. The first kappa shape index (κ1) is 16.2. The molecule has 2 aromatic heterocycles. The molecule has 1 amide bonds. The Balaban J connectivity index is 1.91. The van der Waals surface area contributed by atoms with Crippen molar-refractivity contribution in [2.75, 3.05) is 5.32 Å². The Bertz CT molecular complexity index is 1150. The Morgan fingerprint density at radius 2 is 1.92 bits per heavy atom. The fourth-order valence-electron chi connectivity index (χ4n) is 2.80. The molecule has 4 aromatic rings. The number of rotatable bonds is 3. The molecule has 0 aliphatic rings. The molecule has 26 heavy (non-hydrogen) atoms. The highest BCUT2D eigenvalue weighted by molar-refractivity contribution is 7.13. The summed E-state index contributed by atoms with van der Waals surface area (Å²) in [5.41, 5.74) is 1.73. The Labute approximate surface area is 152 Å². The summed E-state index contributed by atoms with van der Waals surface area (Å²) in [4.78, 5) is 29.5. The molecule has 0 saturated carbocycles. The van der Waals surface area contributed by atoms with Gasteiger partial charge >= 0.3 is 0 Å². The third-order valence-corrected chi connectivity index (χ3v) is 4.77. The standard InChI is InChI=1S/C20H14N2O3S/c1-12-16(23)14-8-5-9-15(19(24)22-20-21-10-11-26-20)18(14)25-17(12)13-6-3-2-4-7-13/h2-11H,1H3,(H,21,22,24). The number of benzene rings is 2. The van der Waals surface area contributed by atoms with Crippen molar-refractivity contribution in [1.29, 1.82) is 0 Å². The van der Waals surface area contributed by atoms with E-state index in [2.05, 4.69) is 10.3 Å². The Morgan fingerprint density at radius 1 is 1.12 bits per heavy atom. The van der Waals surface area contributed by atoms with Crippen LogP contribution >= 0.6 is 11.3 Å². The maximum Gasteiger partial charge on any atom is 0.261 e. The zero-order chi connectivity index (χ0) is 18.1. The third-order valence-electron chi connectivity index (χ3n) is 4.08. The van der Waals surface area contributed by atoms with E-state index in [1.807, 2.05) is 30.3 Å². The lowest BCUT2D eigenvalue weighted by molar-refractivity contribution is 0.102. The normalized spacial score (nSPS) is 10.8. The van der Waals surface area contributed by atoms with Gasteiger partial charge in [-0.1, -0.05) is 36.4 Å². The Morgan fingerprint density at radius 3 is 2.65 bits per heavy atom. The fourth-order valence-corrected chi connectivity index (χ4v) is 3.33. The molecule has 5 nitrogen and oxygen atoms in total. The second kappa shape index (κ2) is 6.57. The minimum Gasteiger partial charge on any atom is -0.455 e. The van der Waals surface area contributed by atoms with Crippen LogP contribution in [0.5, 0.6) is 0 Å². The number of fused-ring (bicyclic) bond motifs is 1. The first-order valence-corrected chi connectivity index (χ1v) is 8.86. The van der Waals surface area contributed by atoms with Crippen LogP contribution in [-0.2, 0) is 0 Å². The molecule has 0 aliphatic heterocycles. The van der Waals surface area contributed by atoms with Gasteiger partial charge in [0.05, 0.1) is 10.9 Å². The van der Waals surface area contributed by atoms with Gasteiger partial charge in [0, 0.05) is 22.7 Å². The third kappa shape index (κ3) is 2.80. The van der Waals surface area contributed by atoms with Crippen LogP contribution in [0.25, 0.3) is 22.3 Å².